The molecule has 2 rings (SSSR count). The van der Waals surface area contributed by atoms with E-state index in [0.717, 1.165) is 12.8 Å². The highest BCUT2D eigenvalue weighted by Crippen LogP contribution is 2.32. The predicted octanol–water partition coefficient (Wildman–Crippen LogP) is 1.39. The van der Waals surface area contributed by atoms with Crippen molar-refractivity contribution in [3.8, 4) is 0 Å². The molecule has 0 spiro atoms. The Balaban J connectivity index is 1.95. The van der Waals surface area contributed by atoms with Gasteiger partial charge < -0.3 is 14.9 Å². The Morgan fingerprint density at radius 2 is 2.06 bits per heavy atom. The van der Waals surface area contributed by atoms with Crippen LogP contribution >= 0.6 is 0 Å². The summed E-state index contributed by atoms with van der Waals surface area (Å²) < 4.78 is 0. The first-order valence-electron chi connectivity index (χ1n) is 6.19. The van der Waals surface area contributed by atoms with Gasteiger partial charge >= 0.3 is 12.0 Å². The Labute approximate surface area is 101 Å². The Kier molecular flexibility index (Phi) is 3.02. The zero-order valence-electron chi connectivity index (χ0n) is 10.5. The number of rotatable bonds is 2. The van der Waals surface area contributed by atoms with Crippen LogP contribution in [0.25, 0.3) is 0 Å². The van der Waals surface area contributed by atoms with E-state index in [9.17, 15) is 9.59 Å². The maximum absolute atomic E-state index is 12.1. The molecule has 2 fully saturated rings. The molecule has 1 unspecified atom stereocenters. The molecule has 0 aromatic carbocycles. The zero-order chi connectivity index (χ0) is 12.6. The van der Waals surface area contributed by atoms with Crippen LogP contribution < -0.4 is 0 Å². The molecule has 1 aliphatic heterocycles. The lowest BCUT2D eigenvalue weighted by Crippen LogP contribution is -2.48. The van der Waals surface area contributed by atoms with Gasteiger partial charge in [-0.3, -0.25) is 4.79 Å². The van der Waals surface area contributed by atoms with Gasteiger partial charge in [-0.15, -0.1) is 0 Å². The highest BCUT2D eigenvalue weighted by atomic mass is 16.4. The largest absolute Gasteiger partial charge is 0.481 e. The van der Waals surface area contributed by atoms with Crippen molar-refractivity contribution in [3.05, 3.63) is 0 Å². The number of carboxylic acid groups (broad SMARTS) is 1. The predicted molar refractivity (Wildman–Crippen MR) is 62.7 cm³/mol. The maximum Gasteiger partial charge on any atom is 0.320 e. The van der Waals surface area contributed by atoms with Gasteiger partial charge in [0.15, 0.2) is 0 Å². The molecule has 0 aromatic heterocycles. The Bertz CT molecular complexity index is 341. The van der Waals surface area contributed by atoms with Gasteiger partial charge in [0.25, 0.3) is 0 Å². The molecular weight excluding hydrogens is 220 g/mol. The van der Waals surface area contributed by atoms with Gasteiger partial charge in [-0.1, -0.05) is 0 Å². The first kappa shape index (κ1) is 12.2. The summed E-state index contributed by atoms with van der Waals surface area (Å²) in [5.74, 6) is -0.806. The topological polar surface area (TPSA) is 60.9 Å². The second-order valence-electron chi connectivity index (χ2n) is 5.52. The minimum Gasteiger partial charge on any atom is -0.481 e. The standard InChI is InChI=1S/C12H20N2O3/c1-12(10(15)16)6-7-14(8-12)11(17)13(2)9-4-3-5-9/h9H,3-8H2,1-2H3,(H,15,16). The van der Waals surface area contributed by atoms with Crippen LogP contribution in [0, 0.1) is 5.41 Å². The molecule has 1 saturated heterocycles. The zero-order valence-corrected chi connectivity index (χ0v) is 10.5. The van der Waals surface area contributed by atoms with E-state index < -0.39 is 11.4 Å². The highest BCUT2D eigenvalue weighted by molar-refractivity contribution is 5.79. The highest BCUT2D eigenvalue weighted by Gasteiger charge is 2.43. The number of urea groups is 1. The number of carboxylic acids is 1. The lowest BCUT2D eigenvalue weighted by molar-refractivity contribution is -0.147. The van der Waals surface area contributed by atoms with Crippen LogP contribution in [-0.2, 0) is 4.79 Å². The van der Waals surface area contributed by atoms with E-state index in [0.29, 0.717) is 25.6 Å². The van der Waals surface area contributed by atoms with E-state index >= 15 is 0 Å². The molecule has 1 N–H and O–H groups in total. The molecule has 1 aliphatic carbocycles. The molecule has 2 amide bonds. The van der Waals surface area contributed by atoms with Gasteiger partial charge in [0, 0.05) is 26.2 Å². The van der Waals surface area contributed by atoms with Crippen LogP contribution in [0.2, 0.25) is 0 Å². The van der Waals surface area contributed by atoms with Crippen molar-refractivity contribution in [2.75, 3.05) is 20.1 Å². The summed E-state index contributed by atoms with van der Waals surface area (Å²) in [6.45, 7) is 2.60. The number of aliphatic carboxylic acids is 1. The second kappa shape index (κ2) is 4.20. The second-order valence-corrected chi connectivity index (χ2v) is 5.52. The van der Waals surface area contributed by atoms with Crippen LogP contribution in [-0.4, -0.2) is 53.1 Å². The average Bonchev–Trinajstić information content (AvgIpc) is 2.58. The Hall–Kier alpha value is -1.26. The smallest absolute Gasteiger partial charge is 0.320 e. The number of hydrogen-bond donors (Lipinski definition) is 1. The molecule has 1 saturated carbocycles. The summed E-state index contributed by atoms with van der Waals surface area (Å²) in [6.07, 6.45) is 3.89. The molecule has 1 atom stereocenters. The van der Waals surface area contributed by atoms with Crippen molar-refractivity contribution in [1.29, 1.82) is 0 Å². The van der Waals surface area contributed by atoms with Gasteiger partial charge in [-0.05, 0) is 32.6 Å². The lowest BCUT2D eigenvalue weighted by Gasteiger charge is -2.37. The molecule has 96 valence electrons. The minimum atomic E-state index is -0.806. The van der Waals surface area contributed by atoms with Crippen molar-refractivity contribution >= 4 is 12.0 Å². The summed E-state index contributed by atoms with van der Waals surface area (Å²) in [4.78, 5) is 26.7. The summed E-state index contributed by atoms with van der Waals surface area (Å²) in [5.41, 5.74) is -0.768. The van der Waals surface area contributed by atoms with Crippen LogP contribution in [0.15, 0.2) is 0 Å². The number of carbonyl (C=O) groups excluding carboxylic acids is 1. The van der Waals surface area contributed by atoms with Crippen LogP contribution in [0.3, 0.4) is 0 Å². The molecule has 17 heavy (non-hydrogen) atoms. The lowest BCUT2D eigenvalue weighted by atomic mass is 9.90. The quantitative estimate of drug-likeness (QED) is 0.793. The number of amides is 2. The van der Waals surface area contributed by atoms with E-state index in [1.165, 1.54) is 6.42 Å². The number of hydrogen-bond acceptors (Lipinski definition) is 2. The van der Waals surface area contributed by atoms with Crippen molar-refractivity contribution < 1.29 is 14.7 Å². The van der Waals surface area contributed by atoms with E-state index in [2.05, 4.69) is 0 Å². The monoisotopic (exact) mass is 240 g/mol. The summed E-state index contributed by atoms with van der Waals surface area (Å²) >= 11 is 0. The van der Waals surface area contributed by atoms with Gasteiger partial charge in [-0.2, -0.15) is 0 Å². The molecule has 0 radical (unpaired) electrons. The van der Waals surface area contributed by atoms with Crippen LogP contribution in [0.1, 0.15) is 32.6 Å². The van der Waals surface area contributed by atoms with E-state index in [-0.39, 0.29) is 6.03 Å². The summed E-state index contributed by atoms with van der Waals surface area (Å²) in [6, 6.07) is 0.346. The first-order valence-corrected chi connectivity index (χ1v) is 6.19. The molecule has 2 aliphatic rings. The number of likely N-dealkylation sites (tertiary alicyclic amines) is 1. The minimum absolute atomic E-state index is 0.0142. The normalized spacial score (nSPS) is 28.9. The third-order valence-electron chi connectivity index (χ3n) is 4.18. The fourth-order valence-corrected chi connectivity index (χ4v) is 2.45. The first-order chi connectivity index (χ1) is 7.94. The van der Waals surface area contributed by atoms with Crippen molar-refractivity contribution in [2.24, 2.45) is 5.41 Å². The fraction of sp³-hybridized carbons (Fsp3) is 0.833. The molecular formula is C12H20N2O3. The Morgan fingerprint density at radius 3 is 2.47 bits per heavy atom. The van der Waals surface area contributed by atoms with Crippen LogP contribution in [0.5, 0.6) is 0 Å². The van der Waals surface area contributed by atoms with Crippen molar-refractivity contribution in [2.45, 2.75) is 38.6 Å². The maximum atomic E-state index is 12.1. The SMILES string of the molecule is CN(C(=O)N1CCC(C)(C(=O)O)C1)C1CCC1. The van der Waals surface area contributed by atoms with Crippen molar-refractivity contribution in [1.82, 2.24) is 9.80 Å². The molecule has 5 heteroatoms. The Morgan fingerprint density at radius 1 is 1.41 bits per heavy atom. The number of carbonyl (C=O) groups is 2. The average molecular weight is 240 g/mol. The fourth-order valence-electron chi connectivity index (χ4n) is 2.45. The van der Waals surface area contributed by atoms with Gasteiger partial charge in [0.2, 0.25) is 0 Å². The molecule has 0 bridgehead atoms. The van der Waals surface area contributed by atoms with Gasteiger partial charge in [0.05, 0.1) is 5.41 Å². The molecule has 0 aromatic rings. The van der Waals surface area contributed by atoms with E-state index in [4.69, 9.17) is 5.11 Å². The summed E-state index contributed by atoms with van der Waals surface area (Å²) in [5, 5.41) is 9.13. The molecule has 5 nitrogen and oxygen atoms in total. The van der Waals surface area contributed by atoms with E-state index in [1.807, 2.05) is 7.05 Å². The van der Waals surface area contributed by atoms with Crippen molar-refractivity contribution in [3.63, 3.8) is 0 Å². The van der Waals surface area contributed by atoms with Gasteiger partial charge in [-0.25, -0.2) is 4.79 Å². The van der Waals surface area contributed by atoms with Gasteiger partial charge in [0.1, 0.15) is 0 Å². The molecule has 1 heterocycles. The third kappa shape index (κ3) is 2.10. The van der Waals surface area contributed by atoms with Crippen LogP contribution in [0.4, 0.5) is 4.79 Å². The summed E-state index contributed by atoms with van der Waals surface area (Å²) in [7, 11) is 1.82. The number of nitrogens with zero attached hydrogens (tertiary/aromatic N) is 2. The third-order valence-corrected chi connectivity index (χ3v) is 4.18. The van der Waals surface area contributed by atoms with E-state index in [1.54, 1.807) is 16.7 Å².